The maximum atomic E-state index is 5.97. The van der Waals surface area contributed by atoms with Crippen LogP contribution in [0.25, 0.3) is 0 Å². The van der Waals surface area contributed by atoms with E-state index in [1.54, 1.807) is 6.33 Å². The van der Waals surface area contributed by atoms with E-state index in [1.165, 1.54) is 17.0 Å². The van der Waals surface area contributed by atoms with E-state index in [9.17, 15) is 0 Å². The van der Waals surface area contributed by atoms with E-state index in [1.807, 2.05) is 30.1 Å². The molecule has 0 amide bonds. The maximum Gasteiger partial charge on any atom is 0.0922 e. The van der Waals surface area contributed by atoms with Gasteiger partial charge in [0.25, 0.3) is 0 Å². The van der Waals surface area contributed by atoms with Crippen LogP contribution in [0.1, 0.15) is 17.3 Å². The molecule has 2 heterocycles. The van der Waals surface area contributed by atoms with Crippen LogP contribution in [0.4, 0.5) is 0 Å². The van der Waals surface area contributed by atoms with Gasteiger partial charge in [0.1, 0.15) is 0 Å². The molecule has 1 aliphatic heterocycles. The van der Waals surface area contributed by atoms with Crippen LogP contribution < -0.4 is 0 Å². The third-order valence-electron chi connectivity index (χ3n) is 3.42. The van der Waals surface area contributed by atoms with Crippen LogP contribution >= 0.6 is 23.4 Å². The Labute approximate surface area is 122 Å². The van der Waals surface area contributed by atoms with Gasteiger partial charge in [-0.05, 0) is 17.7 Å². The molecule has 1 aromatic heterocycles. The van der Waals surface area contributed by atoms with Crippen molar-refractivity contribution >= 4 is 23.4 Å². The van der Waals surface area contributed by atoms with Gasteiger partial charge in [-0.3, -0.25) is 4.90 Å². The smallest absolute Gasteiger partial charge is 0.0922 e. The minimum atomic E-state index is 0.458. The Morgan fingerprint density at radius 1 is 1.37 bits per heavy atom. The fourth-order valence-electron chi connectivity index (χ4n) is 2.41. The summed E-state index contributed by atoms with van der Waals surface area (Å²) in [4.78, 5) is 9.78. The molecule has 0 radical (unpaired) electrons. The van der Waals surface area contributed by atoms with Gasteiger partial charge in [0, 0.05) is 47.6 Å². The number of benzene rings is 1. The predicted octanol–water partition coefficient (Wildman–Crippen LogP) is 3.35. The molecule has 1 aromatic carbocycles. The van der Waals surface area contributed by atoms with Crippen LogP contribution in [0.2, 0.25) is 5.02 Å². The van der Waals surface area contributed by atoms with Gasteiger partial charge in [-0.2, -0.15) is 11.8 Å². The van der Waals surface area contributed by atoms with Gasteiger partial charge < -0.3 is 4.98 Å². The number of H-pyrrole nitrogens is 1. The van der Waals surface area contributed by atoms with Gasteiger partial charge in [-0.15, -0.1) is 0 Å². The van der Waals surface area contributed by atoms with Crippen molar-refractivity contribution in [2.45, 2.75) is 12.6 Å². The summed E-state index contributed by atoms with van der Waals surface area (Å²) in [5.74, 6) is 2.33. The number of halogens is 1. The van der Waals surface area contributed by atoms with E-state index in [-0.39, 0.29) is 0 Å². The second kappa shape index (κ2) is 5.99. The Morgan fingerprint density at radius 3 is 2.95 bits per heavy atom. The maximum absolute atomic E-state index is 5.97. The SMILES string of the molecule is Clc1ccc(C2CSCCN2Cc2cnc[nH]2)cc1. The molecule has 19 heavy (non-hydrogen) atoms. The van der Waals surface area contributed by atoms with Crippen molar-refractivity contribution in [3.05, 3.63) is 53.1 Å². The lowest BCUT2D eigenvalue weighted by Crippen LogP contribution is -2.35. The van der Waals surface area contributed by atoms with Crippen molar-refractivity contribution in [1.29, 1.82) is 0 Å². The standard InChI is InChI=1S/C14H16ClN3S/c15-12-3-1-11(2-4-12)14-9-19-6-5-18(14)8-13-7-16-10-17-13/h1-4,7,10,14H,5-6,8-9H2,(H,16,17). The largest absolute Gasteiger partial charge is 0.347 e. The number of nitrogens with one attached hydrogen (secondary N) is 1. The Balaban J connectivity index is 1.78. The van der Waals surface area contributed by atoms with E-state index in [0.717, 1.165) is 23.9 Å². The van der Waals surface area contributed by atoms with Crippen LogP contribution in [0.15, 0.2) is 36.8 Å². The van der Waals surface area contributed by atoms with Crippen molar-refractivity contribution in [2.75, 3.05) is 18.1 Å². The lowest BCUT2D eigenvalue weighted by atomic mass is 10.1. The molecule has 0 aliphatic carbocycles. The second-order valence-electron chi connectivity index (χ2n) is 4.69. The molecule has 1 fully saturated rings. The van der Waals surface area contributed by atoms with E-state index >= 15 is 0 Å². The van der Waals surface area contributed by atoms with Gasteiger partial charge in [-0.1, -0.05) is 23.7 Å². The summed E-state index contributed by atoms with van der Waals surface area (Å²) in [6.07, 6.45) is 3.64. The lowest BCUT2D eigenvalue weighted by molar-refractivity contribution is 0.210. The molecular weight excluding hydrogens is 278 g/mol. The number of thioether (sulfide) groups is 1. The summed E-state index contributed by atoms with van der Waals surface area (Å²) in [5.41, 5.74) is 2.52. The number of aromatic nitrogens is 2. The fourth-order valence-corrected chi connectivity index (χ4v) is 3.69. The topological polar surface area (TPSA) is 31.9 Å². The average molecular weight is 294 g/mol. The zero-order chi connectivity index (χ0) is 13.1. The molecule has 3 nitrogen and oxygen atoms in total. The molecule has 2 aromatic rings. The Kier molecular flexibility index (Phi) is 4.11. The first-order valence-electron chi connectivity index (χ1n) is 6.37. The quantitative estimate of drug-likeness (QED) is 0.942. The van der Waals surface area contributed by atoms with Crippen LogP contribution in [0.3, 0.4) is 0 Å². The molecule has 100 valence electrons. The van der Waals surface area contributed by atoms with Crippen LogP contribution in [-0.4, -0.2) is 32.9 Å². The molecule has 3 rings (SSSR count). The fraction of sp³-hybridized carbons (Fsp3) is 0.357. The van der Waals surface area contributed by atoms with E-state index in [2.05, 4.69) is 27.0 Å². The molecule has 1 saturated heterocycles. The summed E-state index contributed by atoms with van der Waals surface area (Å²) in [7, 11) is 0. The second-order valence-corrected chi connectivity index (χ2v) is 6.28. The molecule has 0 bridgehead atoms. The van der Waals surface area contributed by atoms with Crippen LogP contribution in [0, 0.1) is 0 Å². The molecule has 0 spiro atoms. The van der Waals surface area contributed by atoms with E-state index in [0.29, 0.717) is 6.04 Å². The number of rotatable bonds is 3. The van der Waals surface area contributed by atoms with Crippen LogP contribution in [-0.2, 0) is 6.54 Å². The number of imidazole rings is 1. The summed E-state index contributed by atoms with van der Waals surface area (Å²) < 4.78 is 0. The van der Waals surface area contributed by atoms with Gasteiger partial charge >= 0.3 is 0 Å². The summed E-state index contributed by atoms with van der Waals surface area (Å²) in [6, 6.07) is 8.69. The molecular formula is C14H16ClN3S. The first kappa shape index (κ1) is 13.0. The average Bonchev–Trinajstić information content (AvgIpc) is 2.93. The van der Waals surface area contributed by atoms with Crippen molar-refractivity contribution in [3.63, 3.8) is 0 Å². The highest BCUT2D eigenvalue weighted by molar-refractivity contribution is 7.99. The molecule has 1 aliphatic rings. The Morgan fingerprint density at radius 2 is 2.21 bits per heavy atom. The number of hydrogen-bond acceptors (Lipinski definition) is 3. The van der Waals surface area contributed by atoms with Gasteiger partial charge in [0.15, 0.2) is 0 Å². The first-order chi connectivity index (χ1) is 9.33. The highest BCUT2D eigenvalue weighted by Gasteiger charge is 2.24. The van der Waals surface area contributed by atoms with Gasteiger partial charge in [0.05, 0.1) is 6.33 Å². The Hall–Kier alpha value is -0.970. The number of nitrogens with zero attached hydrogens (tertiary/aromatic N) is 2. The summed E-state index contributed by atoms with van der Waals surface area (Å²) in [5, 5.41) is 0.798. The van der Waals surface area contributed by atoms with Crippen molar-refractivity contribution in [3.8, 4) is 0 Å². The number of aromatic amines is 1. The molecule has 1 N–H and O–H groups in total. The molecule has 5 heteroatoms. The monoisotopic (exact) mass is 293 g/mol. The number of hydrogen-bond donors (Lipinski definition) is 1. The van der Waals surface area contributed by atoms with Gasteiger partial charge in [0.2, 0.25) is 0 Å². The van der Waals surface area contributed by atoms with Crippen molar-refractivity contribution < 1.29 is 0 Å². The third-order valence-corrected chi connectivity index (χ3v) is 4.70. The normalized spacial score (nSPS) is 20.6. The van der Waals surface area contributed by atoms with Crippen molar-refractivity contribution in [1.82, 2.24) is 14.9 Å². The Bertz CT molecular complexity index is 512. The first-order valence-corrected chi connectivity index (χ1v) is 7.91. The zero-order valence-corrected chi connectivity index (χ0v) is 12.1. The molecule has 1 atom stereocenters. The zero-order valence-electron chi connectivity index (χ0n) is 10.6. The van der Waals surface area contributed by atoms with Gasteiger partial charge in [-0.25, -0.2) is 4.98 Å². The lowest BCUT2D eigenvalue weighted by Gasteiger charge is -2.35. The highest BCUT2D eigenvalue weighted by atomic mass is 35.5. The highest BCUT2D eigenvalue weighted by Crippen LogP contribution is 2.31. The minimum absolute atomic E-state index is 0.458. The van der Waals surface area contributed by atoms with E-state index in [4.69, 9.17) is 11.6 Å². The molecule has 1 unspecified atom stereocenters. The van der Waals surface area contributed by atoms with Crippen LogP contribution in [0.5, 0.6) is 0 Å². The summed E-state index contributed by atoms with van der Waals surface area (Å²) >= 11 is 7.99. The van der Waals surface area contributed by atoms with E-state index < -0.39 is 0 Å². The minimum Gasteiger partial charge on any atom is -0.347 e. The molecule has 0 saturated carbocycles. The van der Waals surface area contributed by atoms with Crippen molar-refractivity contribution in [2.24, 2.45) is 0 Å². The predicted molar refractivity (Wildman–Crippen MR) is 80.5 cm³/mol. The summed E-state index contributed by atoms with van der Waals surface area (Å²) in [6.45, 7) is 2.03. The third kappa shape index (κ3) is 3.14.